The zero-order valence-corrected chi connectivity index (χ0v) is 12.8. The van der Waals surface area contributed by atoms with Gasteiger partial charge in [0.25, 0.3) is 0 Å². The van der Waals surface area contributed by atoms with Gasteiger partial charge in [-0.15, -0.1) is 0 Å². The Balaban J connectivity index is 2.59. The van der Waals surface area contributed by atoms with E-state index in [0.29, 0.717) is 19.6 Å². The Bertz CT molecular complexity index is 358. The Morgan fingerprint density at radius 3 is 2.06 bits per heavy atom. The molecule has 0 atom stereocenters. The molecule has 2 N–H and O–H groups in total. The maximum atomic E-state index is 12.1. The minimum Gasteiger partial charge on any atom is -0.329 e. The molecule has 1 saturated heterocycles. The van der Waals surface area contributed by atoms with Gasteiger partial charge in [-0.3, -0.25) is 4.90 Å². The van der Waals surface area contributed by atoms with E-state index in [2.05, 4.69) is 18.7 Å². The number of hydrogen-bond acceptors (Lipinski definition) is 4. The molecule has 0 aromatic carbocycles. The van der Waals surface area contributed by atoms with Crippen molar-refractivity contribution in [2.75, 3.05) is 38.5 Å². The summed E-state index contributed by atoms with van der Waals surface area (Å²) in [6, 6.07) is 0. The highest BCUT2D eigenvalue weighted by Crippen LogP contribution is 2.18. The topological polar surface area (TPSA) is 66.6 Å². The molecule has 0 aromatic rings. The molecular weight excluding hydrogens is 250 g/mol. The third-order valence-electron chi connectivity index (χ3n) is 3.53. The number of nitrogens with zero attached hydrogens (tertiary/aromatic N) is 2. The van der Waals surface area contributed by atoms with Gasteiger partial charge in [0.2, 0.25) is 10.0 Å². The Morgan fingerprint density at radius 1 is 1.17 bits per heavy atom. The van der Waals surface area contributed by atoms with E-state index < -0.39 is 10.0 Å². The molecule has 0 unspecified atom stereocenters. The summed E-state index contributed by atoms with van der Waals surface area (Å²) >= 11 is 0. The van der Waals surface area contributed by atoms with Gasteiger partial charge < -0.3 is 5.73 Å². The van der Waals surface area contributed by atoms with Crippen molar-refractivity contribution >= 4 is 10.0 Å². The number of sulfonamides is 1. The summed E-state index contributed by atoms with van der Waals surface area (Å²) in [6.07, 6.45) is 0. The molecule has 0 saturated carbocycles. The first kappa shape index (κ1) is 15.9. The SMILES string of the molecule is CC(C)CS(=O)(=O)N1CCN(C(C)(C)CN)CC1. The van der Waals surface area contributed by atoms with E-state index in [1.807, 2.05) is 13.8 Å². The molecule has 0 aromatic heterocycles. The lowest BCUT2D eigenvalue weighted by atomic mass is 10.0. The molecule has 1 aliphatic heterocycles. The van der Waals surface area contributed by atoms with Crippen molar-refractivity contribution in [3.63, 3.8) is 0 Å². The van der Waals surface area contributed by atoms with Crippen molar-refractivity contribution in [2.45, 2.75) is 33.2 Å². The first-order chi connectivity index (χ1) is 8.19. The van der Waals surface area contributed by atoms with Crippen LogP contribution in [0.2, 0.25) is 0 Å². The molecule has 18 heavy (non-hydrogen) atoms. The van der Waals surface area contributed by atoms with Crippen LogP contribution in [0.15, 0.2) is 0 Å². The summed E-state index contributed by atoms with van der Waals surface area (Å²) in [7, 11) is -3.08. The van der Waals surface area contributed by atoms with Crippen molar-refractivity contribution in [1.82, 2.24) is 9.21 Å². The van der Waals surface area contributed by atoms with Crippen molar-refractivity contribution in [2.24, 2.45) is 11.7 Å². The fourth-order valence-corrected chi connectivity index (χ4v) is 4.00. The molecule has 0 aliphatic carbocycles. The van der Waals surface area contributed by atoms with Gasteiger partial charge in [-0.25, -0.2) is 8.42 Å². The summed E-state index contributed by atoms with van der Waals surface area (Å²) in [5, 5.41) is 0. The zero-order chi connectivity index (χ0) is 14.0. The van der Waals surface area contributed by atoms with Crippen molar-refractivity contribution < 1.29 is 8.42 Å². The van der Waals surface area contributed by atoms with Gasteiger partial charge in [-0.05, 0) is 19.8 Å². The summed E-state index contributed by atoms with van der Waals surface area (Å²) in [5.41, 5.74) is 5.70. The average molecular weight is 277 g/mol. The van der Waals surface area contributed by atoms with Crippen LogP contribution in [0.1, 0.15) is 27.7 Å². The molecule has 0 bridgehead atoms. The maximum absolute atomic E-state index is 12.1. The largest absolute Gasteiger partial charge is 0.329 e. The van der Waals surface area contributed by atoms with E-state index in [9.17, 15) is 8.42 Å². The second-order valence-electron chi connectivity index (χ2n) is 6.08. The highest BCUT2D eigenvalue weighted by Gasteiger charge is 2.32. The minimum absolute atomic E-state index is 0.0477. The Morgan fingerprint density at radius 2 is 1.67 bits per heavy atom. The second-order valence-corrected chi connectivity index (χ2v) is 8.09. The third-order valence-corrected chi connectivity index (χ3v) is 5.77. The highest BCUT2D eigenvalue weighted by atomic mass is 32.2. The fraction of sp³-hybridized carbons (Fsp3) is 1.00. The predicted octanol–water partition coefficient (Wildman–Crippen LogP) is 0.327. The van der Waals surface area contributed by atoms with Crippen LogP contribution < -0.4 is 5.73 Å². The van der Waals surface area contributed by atoms with Crippen molar-refractivity contribution in [1.29, 1.82) is 0 Å². The molecular formula is C12H27N3O2S. The quantitative estimate of drug-likeness (QED) is 0.786. The molecule has 6 heteroatoms. The van der Waals surface area contributed by atoms with Crippen LogP contribution >= 0.6 is 0 Å². The molecule has 108 valence electrons. The van der Waals surface area contributed by atoms with Crippen LogP contribution in [-0.2, 0) is 10.0 Å². The predicted molar refractivity (Wildman–Crippen MR) is 74.9 cm³/mol. The van der Waals surface area contributed by atoms with Gasteiger partial charge in [0.05, 0.1) is 5.75 Å². The summed E-state index contributed by atoms with van der Waals surface area (Å²) in [5.74, 6) is 0.418. The number of hydrogen-bond donors (Lipinski definition) is 1. The van der Waals surface area contributed by atoms with Gasteiger partial charge in [-0.2, -0.15) is 4.31 Å². The lowest BCUT2D eigenvalue weighted by Gasteiger charge is -2.43. The molecule has 1 fully saturated rings. The smallest absolute Gasteiger partial charge is 0.214 e. The first-order valence-electron chi connectivity index (χ1n) is 6.62. The lowest BCUT2D eigenvalue weighted by Crippen LogP contribution is -2.58. The number of nitrogens with two attached hydrogens (primary N) is 1. The fourth-order valence-electron chi connectivity index (χ4n) is 2.23. The van der Waals surface area contributed by atoms with E-state index >= 15 is 0 Å². The second kappa shape index (κ2) is 5.86. The first-order valence-corrected chi connectivity index (χ1v) is 8.23. The summed E-state index contributed by atoms with van der Waals surface area (Å²) in [4.78, 5) is 2.27. The van der Waals surface area contributed by atoms with Gasteiger partial charge in [-0.1, -0.05) is 13.8 Å². The molecule has 1 heterocycles. The summed E-state index contributed by atoms with van der Waals surface area (Å²) < 4.78 is 25.8. The van der Waals surface area contributed by atoms with Gasteiger partial charge in [0, 0.05) is 38.3 Å². The number of rotatable bonds is 5. The maximum Gasteiger partial charge on any atom is 0.214 e. The molecule has 0 radical (unpaired) electrons. The van der Waals surface area contributed by atoms with Crippen molar-refractivity contribution in [3.05, 3.63) is 0 Å². The van der Waals surface area contributed by atoms with Crippen LogP contribution in [0.25, 0.3) is 0 Å². The normalized spacial score (nSPS) is 20.6. The Labute approximate surface area is 111 Å². The third kappa shape index (κ3) is 3.91. The summed E-state index contributed by atoms with van der Waals surface area (Å²) in [6.45, 7) is 11.4. The van der Waals surface area contributed by atoms with Gasteiger partial charge in [0.1, 0.15) is 0 Å². The number of piperazine rings is 1. The van der Waals surface area contributed by atoms with E-state index in [0.717, 1.165) is 13.1 Å². The van der Waals surface area contributed by atoms with Crippen LogP contribution in [0.5, 0.6) is 0 Å². The standard InChI is InChI=1S/C12H27N3O2S/c1-11(2)9-18(16,17)15-7-5-14(6-8-15)12(3,4)10-13/h11H,5-10,13H2,1-4H3. The van der Waals surface area contributed by atoms with E-state index in [1.54, 1.807) is 4.31 Å². The molecule has 1 rings (SSSR count). The van der Waals surface area contributed by atoms with Crippen LogP contribution in [-0.4, -0.2) is 61.6 Å². The van der Waals surface area contributed by atoms with Crippen molar-refractivity contribution in [3.8, 4) is 0 Å². The molecule has 0 spiro atoms. The van der Waals surface area contributed by atoms with Crippen LogP contribution in [0.3, 0.4) is 0 Å². The zero-order valence-electron chi connectivity index (χ0n) is 12.0. The Kier molecular flexibility index (Phi) is 5.17. The van der Waals surface area contributed by atoms with E-state index in [-0.39, 0.29) is 17.2 Å². The van der Waals surface area contributed by atoms with Crippen LogP contribution in [0, 0.1) is 5.92 Å². The van der Waals surface area contributed by atoms with Gasteiger partial charge >= 0.3 is 0 Å². The van der Waals surface area contributed by atoms with Gasteiger partial charge in [0.15, 0.2) is 0 Å². The van der Waals surface area contributed by atoms with E-state index in [1.165, 1.54) is 0 Å². The lowest BCUT2D eigenvalue weighted by molar-refractivity contribution is 0.0849. The van der Waals surface area contributed by atoms with E-state index in [4.69, 9.17) is 5.73 Å². The average Bonchev–Trinajstić information content (AvgIpc) is 2.27. The minimum atomic E-state index is -3.08. The van der Waals surface area contributed by atoms with Crippen LogP contribution in [0.4, 0.5) is 0 Å². The Hall–Kier alpha value is -0.170. The molecule has 5 nitrogen and oxygen atoms in total. The molecule has 0 amide bonds. The molecule has 1 aliphatic rings. The monoisotopic (exact) mass is 277 g/mol. The highest BCUT2D eigenvalue weighted by molar-refractivity contribution is 7.89.